The molecule has 0 radical (unpaired) electrons. The van der Waals surface area contributed by atoms with E-state index in [1.807, 2.05) is 45.0 Å². The van der Waals surface area contributed by atoms with Gasteiger partial charge in [-0.2, -0.15) is 0 Å². The Balaban J connectivity index is 1.88. The Morgan fingerprint density at radius 1 is 1.03 bits per heavy atom. The highest BCUT2D eigenvalue weighted by atomic mass is 16.5. The summed E-state index contributed by atoms with van der Waals surface area (Å²) in [6.45, 7) is 5.63. The smallest absolute Gasteiger partial charge is 0.249 e. The fraction of sp³-hybridized carbons (Fsp3) is 0.310. The molecule has 0 bridgehead atoms. The Labute approximate surface area is 227 Å². The van der Waals surface area contributed by atoms with E-state index < -0.39 is 17.5 Å². The molecule has 3 aromatic carbocycles. The third kappa shape index (κ3) is 6.11. The van der Waals surface area contributed by atoms with Gasteiger partial charge < -0.3 is 19.9 Å². The Morgan fingerprint density at radius 3 is 2.28 bits per heavy atom. The molecular weight excluding hydrogens is 498 g/mol. The lowest BCUT2D eigenvalue weighted by atomic mass is 9.98. The number of carbonyl (C=O) groups is 2. The third-order valence-corrected chi connectivity index (χ3v) is 6.65. The maximum atomic E-state index is 14.2. The summed E-state index contributed by atoms with van der Waals surface area (Å²) >= 11 is 0. The summed E-state index contributed by atoms with van der Waals surface area (Å²) in [6, 6.07) is 17.5. The first-order chi connectivity index (χ1) is 18.7. The normalized spacial score (nSPS) is 12.1. The van der Waals surface area contributed by atoms with E-state index in [1.54, 1.807) is 30.3 Å². The second-order valence-electron chi connectivity index (χ2n) is 9.79. The number of hydrogen-bond donors (Lipinski definition) is 2. The van der Waals surface area contributed by atoms with Gasteiger partial charge in [0.05, 0.1) is 25.4 Å². The van der Waals surface area contributed by atoms with E-state index in [2.05, 4.69) is 15.6 Å². The van der Waals surface area contributed by atoms with Crippen LogP contribution in [0.5, 0.6) is 17.2 Å². The number of aromatic nitrogens is 3. The van der Waals surface area contributed by atoms with Gasteiger partial charge in [-0.15, -0.1) is 5.10 Å². The Hall–Kier alpha value is -4.60. The van der Waals surface area contributed by atoms with Gasteiger partial charge in [-0.25, -0.2) is 4.68 Å². The van der Waals surface area contributed by atoms with Crippen LogP contribution in [-0.2, 0) is 16.1 Å². The van der Waals surface area contributed by atoms with Gasteiger partial charge in [0.15, 0.2) is 0 Å². The second kappa shape index (κ2) is 11.4. The standard InChI is InChI=1S/C29H33N5O5/c1-6-29(2,3)30-28(37)27(19-11-13-21(35)14-12-19)34(20-15-22(38-4)17-23(16-20)39-5)26(36)18-33-25-10-8-7-9-24(25)31-32-33/h7-17,27,35H,6,18H2,1-5H3,(H,30,37)/t27-/m1/s1. The van der Waals surface area contributed by atoms with Crippen LogP contribution in [-0.4, -0.2) is 51.7 Å². The number of methoxy groups -OCH3 is 2. The molecule has 1 heterocycles. The van der Waals surface area contributed by atoms with Crippen molar-refractivity contribution in [2.75, 3.05) is 19.1 Å². The molecular formula is C29H33N5O5. The Morgan fingerprint density at radius 2 is 1.67 bits per heavy atom. The van der Waals surface area contributed by atoms with Crippen molar-refractivity contribution < 1.29 is 24.2 Å². The van der Waals surface area contributed by atoms with Gasteiger partial charge in [0, 0.05) is 23.7 Å². The van der Waals surface area contributed by atoms with Crippen molar-refractivity contribution >= 4 is 28.5 Å². The van der Waals surface area contributed by atoms with Crippen LogP contribution >= 0.6 is 0 Å². The molecule has 204 valence electrons. The minimum absolute atomic E-state index is 0.0433. The van der Waals surface area contributed by atoms with Gasteiger partial charge in [-0.05, 0) is 50.1 Å². The Kier molecular flexibility index (Phi) is 8.04. The number of nitrogens with zero attached hydrogens (tertiary/aromatic N) is 4. The fourth-order valence-electron chi connectivity index (χ4n) is 4.17. The molecule has 0 spiro atoms. The number of rotatable bonds is 10. The number of amides is 2. The first kappa shape index (κ1) is 27.4. The van der Waals surface area contributed by atoms with E-state index in [9.17, 15) is 14.7 Å². The number of fused-ring (bicyclic) bond motifs is 1. The minimum Gasteiger partial charge on any atom is -0.508 e. The molecule has 39 heavy (non-hydrogen) atoms. The molecule has 2 amide bonds. The first-order valence-electron chi connectivity index (χ1n) is 12.6. The SMILES string of the molecule is CCC(C)(C)NC(=O)[C@@H](c1ccc(O)cc1)N(C(=O)Cn1nnc2ccccc21)c1cc(OC)cc(OC)c1. The maximum Gasteiger partial charge on any atom is 0.249 e. The largest absolute Gasteiger partial charge is 0.508 e. The number of phenols is 1. The van der Waals surface area contributed by atoms with Crippen LogP contribution in [0, 0.1) is 0 Å². The summed E-state index contributed by atoms with van der Waals surface area (Å²) < 4.78 is 12.4. The lowest BCUT2D eigenvalue weighted by Gasteiger charge is -2.35. The number of anilines is 1. The number of para-hydroxylation sites is 1. The van der Waals surface area contributed by atoms with E-state index in [4.69, 9.17) is 9.47 Å². The predicted molar refractivity (Wildman–Crippen MR) is 148 cm³/mol. The highest BCUT2D eigenvalue weighted by molar-refractivity contribution is 6.02. The molecule has 1 atom stereocenters. The third-order valence-electron chi connectivity index (χ3n) is 6.65. The van der Waals surface area contributed by atoms with Gasteiger partial charge in [0.25, 0.3) is 0 Å². The van der Waals surface area contributed by atoms with Crippen LogP contribution in [0.2, 0.25) is 0 Å². The number of benzene rings is 3. The fourth-order valence-corrected chi connectivity index (χ4v) is 4.17. The average molecular weight is 532 g/mol. The van der Waals surface area contributed by atoms with E-state index in [0.717, 1.165) is 0 Å². The topological polar surface area (TPSA) is 119 Å². The molecule has 10 nitrogen and oxygen atoms in total. The summed E-state index contributed by atoms with van der Waals surface area (Å²) in [5.74, 6) is 0.149. The summed E-state index contributed by atoms with van der Waals surface area (Å²) in [6.07, 6.45) is 0.674. The summed E-state index contributed by atoms with van der Waals surface area (Å²) in [5.41, 5.74) is 1.71. The van der Waals surface area contributed by atoms with Crippen molar-refractivity contribution in [3.8, 4) is 17.2 Å². The lowest BCUT2D eigenvalue weighted by Crippen LogP contribution is -2.51. The van der Waals surface area contributed by atoms with Crippen molar-refractivity contribution in [3.63, 3.8) is 0 Å². The minimum atomic E-state index is -1.09. The lowest BCUT2D eigenvalue weighted by molar-refractivity contribution is -0.128. The van der Waals surface area contributed by atoms with Crippen LogP contribution < -0.4 is 19.7 Å². The zero-order valence-corrected chi connectivity index (χ0v) is 22.7. The number of carbonyl (C=O) groups excluding carboxylic acids is 2. The molecule has 0 saturated heterocycles. The number of aromatic hydroxyl groups is 1. The molecule has 10 heteroatoms. The molecule has 0 fully saturated rings. The highest BCUT2D eigenvalue weighted by Crippen LogP contribution is 2.35. The van der Waals surface area contributed by atoms with Crippen LogP contribution in [0.4, 0.5) is 5.69 Å². The van der Waals surface area contributed by atoms with Gasteiger partial charge in [-0.1, -0.05) is 36.4 Å². The summed E-state index contributed by atoms with van der Waals surface area (Å²) in [4.78, 5) is 29.6. The zero-order valence-electron chi connectivity index (χ0n) is 22.7. The van der Waals surface area contributed by atoms with Crippen molar-refractivity contribution in [2.24, 2.45) is 0 Å². The quantitative estimate of drug-likeness (QED) is 0.314. The van der Waals surface area contributed by atoms with Gasteiger partial charge in [0.2, 0.25) is 11.8 Å². The van der Waals surface area contributed by atoms with Crippen molar-refractivity contribution in [2.45, 2.75) is 45.3 Å². The molecule has 4 aromatic rings. The van der Waals surface area contributed by atoms with Crippen molar-refractivity contribution in [1.29, 1.82) is 0 Å². The molecule has 2 N–H and O–H groups in total. The van der Waals surface area contributed by atoms with Gasteiger partial charge >= 0.3 is 0 Å². The van der Waals surface area contributed by atoms with Crippen molar-refractivity contribution in [1.82, 2.24) is 20.3 Å². The van der Waals surface area contributed by atoms with Gasteiger partial charge in [-0.3, -0.25) is 14.5 Å². The van der Waals surface area contributed by atoms with E-state index in [0.29, 0.717) is 40.2 Å². The summed E-state index contributed by atoms with van der Waals surface area (Å²) in [5, 5.41) is 21.4. The summed E-state index contributed by atoms with van der Waals surface area (Å²) in [7, 11) is 3.03. The van der Waals surface area contributed by atoms with E-state index in [1.165, 1.54) is 35.9 Å². The molecule has 0 aliphatic heterocycles. The monoisotopic (exact) mass is 531 g/mol. The van der Waals surface area contributed by atoms with Crippen LogP contribution in [0.1, 0.15) is 38.8 Å². The van der Waals surface area contributed by atoms with Crippen LogP contribution in [0.25, 0.3) is 11.0 Å². The maximum absolute atomic E-state index is 14.2. The second-order valence-corrected chi connectivity index (χ2v) is 9.79. The van der Waals surface area contributed by atoms with E-state index in [-0.39, 0.29) is 18.2 Å². The predicted octanol–water partition coefficient (Wildman–Crippen LogP) is 4.23. The highest BCUT2D eigenvalue weighted by Gasteiger charge is 2.36. The van der Waals surface area contributed by atoms with Crippen molar-refractivity contribution in [3.05, 3.63) is 72.3 Å². The van der Waals surface area contributed by atoms with Crippen LogP contribution in [0.3, 0.4) is 0 Å². The molecule has 4 rings (SSSR count). The first-order valence-corrected chi connectivity index (χ1v) is 12.6. The number of nitrogens with one attached hydrogen (secondary N) is 1. The average Bonchev–Trinajstić information content (AvgIpc) is 3.34. The molecule has 0 aliphatic carbocycles. The number of phenolic OH excluding ortho intramolecular Hbond substituents is 1. The zero-order chi connectivity index (χ0) is 28.2. The molecule has 1 aromatic heterocycles. The van der Waals surface area contributed by atoms with Crippen LogP contribution in [0.15, 0.2) is 66.7 Å². The van der Waals surface area contributed by atoms with E-state index >= 15 is 0 Å². The molecule has 0 unspecified atom stereocenters. The molecule has 0 aliphatic rings. The number of hydrogen-bond acceptors (Lipinski definition) is 7. The number of ether oxygens (including phenoxy) is 2. The Bertz CT molecular complexity index is 1440. The molecule has 0 saturated carbocycles. The van der Waals surface area contributed by atoms with Gasteiger partial charge in [0.1, 0.15) is 35.4 Å².